The van der Waals surface area contributed by atoms with Crippen LogP contribution in [0, 0.1) is 0 Å². The van der Waals surface area contributed by atoms with E-state index in [9.17, 15) is 23.5 Å². The van der Waals surface area contributed by atoms with Gasteiger partial charge in [0.15, 0.2) is 5.13 Å². The third-order valence-corrected chi connectivity index (χ3v) is 8.14. The van der Waals surface area contributed by atoms with Crippen molar-refractivity contribution in [3.05, 3.63) is 36.2 Å². The topological polar surface area (TPSA) is 165 Å². The fraction of sp³-hybridized carbons (Fsp3) is 0.391. The zero-order valence-corrected chi connectivity index (χ0v) is 22.1. The van der Waals surface area contributed by atoms with Crippen molar-refractivity contribution in [1.29, 1.82) is 0 Å². The summed E-state index contributed by atoms with van der Waals surface area (Å²) in [5.74, 6) is -1.01. The minimum atomic E-state index is -2.76. The standard InChI is InChI=1S/C23H28N6O6S2/c1-4-35-18-11-15-13(5-7-25-20(15)24)9-14(18)10-17(22(31)32)28-8-6-16(21(28)30)29(37(33)34)19-12-26-23(36-19)27(2)3/h5,7,9,11-12,16-17H,4,6,8,10H2,1-3H3,(H2,24,25)(H,31,32)(H,33,34)/p-1/t16-,17+/m0/s1. The molecule has 0 spiro atoms. The summed E-state index contributed by atoms with van der Waals surface area (Å²) in [6.45, 7) is 2.24. The third kappa shape index (κ3) is 5.31. The van der Waals surface area contributed by atoms with Gasteiger partial charge in [0, 0.05) is 49.9 Å². The molecule has 0 saturated carbocycles. The van der Waals surface area contributed by atoms with Crippen LogP contribution in [-0.4, -0.2) is 79.9 Å². The minimum Gasteiger partial charge on any atom is -0.755 e. The largest absolute Gasteiger partial charge is 0.755 e. The van der Waals surface area contributed by atoms with Crippen LogP contribution < -0.4 is 19.7 Å². The number of nitrogens with two attached hydrogens (primary N) is 1. The summed E-state index contributed by atoms with van der Waals surface area (Å²) < 4.78 is 31.0. The van der Waals surface area contributed by atoms with E-state index in [0.717, 1.165) is 21.0 Å². The number of hydrogen-bond acceptors (Lipinski definition) is 10. The van der Waals surface area contributed by atoms with Crippen LogP contribution in [-0.2, 0) is 27.3 Å². The van der Waals surface area contributed by atoms with Crippen molar-refractivity contribution in [3.63, 3.8) is 0 Å². The maximum Gasteiger partial charge on any atom is 0.326 e. The van der Waals surface area contributed by atoms with Gasteiger partial charge < -0.3 is 29.9 Å². The van der Waals surface area contributed by atoms with Crippen molar-refractivity contribution in [2.45, 2.75) is 31.8 Å². The van der Waals surface area contributed by atoms with Crippen LogP contribution >= 0.6 is 11.3 Å². The smallest absolute Gasteiger partial charge is 0.326 e. The van der Waals surface area contributed by atoms with Gasteiger partial charge in [-0.1, -0.05) is 11.3 Å². The van der Waals surface area contributed by atoms with Crippen molar-refractivity contribution >= 4 is 61.2 Å². The number of aromatic nitrogens is 2. The molecule has 3 atom stereocenters. The van der Waals surface area contributed by atoms with Gasteiger partial charge in [-0.3, -0.25) is 13.3 Å². The molecule has 1 fully saturated rings. The first-order valence-corrected chi connectivity index (χ1v) is 13.3. The highest BCUT2D eigenvalue weighted by Gasteiger charge is 2.43. The Morgan fingerprint density at radius 2 is 2.16 bits per heavy atom. The van der Waals surface area contributed by atoms with Crippen LogP contribution in [0.15, 0.2) is 30.6 Å². The number of nitrogens with zero attached hydrogens (tertiary/aromatic N) is 5. The highest BCUT2D eigenvalue weighted by molar-refractivity contribution is 7.81. The number of aliphatic carboxylic acids is 1. The molecular weight excluding hydrogens is 520 g/mol. The molecule has 1 amide bonds. The van der Waals surface area contributed by atoms with E-state index in [0.29, 0.717) is 34.3 Å². The first-order valence-electron chi connectivity index (χ1n) is 11.5. The number of thiazole rings is 1. The Labute approximate surface area is 220 Å². The fourth-order valence-corrected chi connectivity index (χ4v) is 6.06. The monoisotopic (exact) mass is 547 g/mol. The Morgan fingerprint density at radius 3 is 2.78 bits per heavy atom. The second-order valence-electron chi connectivity index (χ2n) is 8.62. The maximum atomic E-state index is 13.4. The number of amides is 1. The van der Waals surface area contributed by atoms with Crippen LogP contribution in [0.25, 0.3) is 10.8 Å². The quantitative estimate of drug-likeness (QED) is 0.356. The molecule has 0 bridgehead atoms. The Balaban J connectivity index is 1.64. The van der Waals surface area contributed by atoms with Gasteiger partial charge in [-0.25, -0.2) is 14.8 Å². The first-order chi connectivity index (χ1) is 17.6. The number of carboxylic acids is 1. The molecule has 1 aliphatic heterocycles. The summed E-state index contributed by atoms with van der Waals surface area (Å²) in [7, 11) is 3.55. The summed E-state index contributed by atoms with van der Waals surface area (Å²) in [5, 5.41) is 12.4. The van der Waals surface area contributed by atoms with Gasteiger partial charge >= 0.3 is 5.97 Å². The van der Waals surface area contributed by atoms with E-state index >= 15 is 0 Å². The Kier molecular flexibility index (Phi) is 7.80. The highest BCUT2D eigenvalue weighted by Crippen LogP contribution is 2.35. The summed E-state index contributed by atoms with van der Waals surface area (Å²) >= 11 is -1.64. The number of rotatable bonds is 10. The predicted octanol–water partition coefficient (Wildman–Crippen LogP) is 1.64. The molecule has 2 aromatic heterocycles. The van der Waals surface area contributed by atoms with Crippen LogP contribution in [0.4, 0.5) is 16.0 Å². The second-order valence-corrected chi connectivity index (χ2v) is 10.4. The SMILES string of the molecule is CCOc1cc2c(N)nccc2cc1C[C@H](C(=O)O)N1CC[C@H](N(c2cnc(N(C)C)s2)S(=O)[O-])C1=O. The van der Waals surface area contributed by atoms with Gasteiger partial charge in [-0.2, -0.15) is 0 Å². The molecule has 3 N–H and O–H groups in total. The molecule has 1 aliphatic rings. The molecule has 0 radical (unpaired) electrons. The molecule has 37 heavy (non-hydrogen) atoms. The molecule has 1 saturated heterocycles. The number of carbonyl (C=O) groups excluding carboxylic acids is 1. The van der Waals surface area contributed by atoms with E-state index < -0.39 is 35.2 Å². The molecule has 1 aromatic carbocycles. The average Bonchev–Trinajstić information content (AvgIpc) is 3.46. The molecule has 3 aromatic rings. The Bertz CT molecular complexity index is 1350. The number of anilines is 3. The van der Waals surface area contributed by atoms with E-state index in [1.807, 2.05) is 6.92 Å². The lowest BCUT2D eigenvalue weighted by molar-refractivity contribution is -0.148. The summed E-state index contributed by atoms with van der Waals surface area (Å²) in [5.41, 5.74) is 6.59. The lowest BCUT2D eigenvalue weighted by Gasteiger charge is -2.30. The predicted molar refractivity (Wildman–Crippen MR) is 140 cm³/mol. The molecule has 4 rings (SSSR count). The number of carboxylic acid groups (broad SMARTS) is 1. The van der Waals surface area contributed by atoms with Crippen LogP contribution in [0.5, 0.6) is 5.75 Å². The van der Waals surface area contributed by atoms with Gasteiger partial charge in [0.1, 0.15) is 28.7 Å². The minimum absolute atomic E-state index is 0.0346. The lowest BCUT2D eigenvalue weighted by atomic mass is 10.00. The van der Waals surface area contributed by atoms with E-state index in [2.05, 4.69) is 9.97 Å². The number of pyridine rings is 1. The fourth-order valence-electron chi connectivity index (χ4n) is 4.37. The van der Waals surface area contributed by atoms with Crippen LogP contribution in [0.1, 0.15) is 18.9 Å². The highest BCUT2D eigenvalue weighted by atomic mass is 32.2. The molecule has 0 aliphatic carbocycles. The number of nitrogen functional groups attached to an aromatic ring is 1. The Morgan fingerprint density at radius 1 is 1.41 bits per heavy atom. The summed E-state index contributed by atoms with van der Waals surface area (Å²) in [6.07, 6.45) is 3.06. The maximum absolute atomic E-state index is 13.4. The van der Waals surface area contributed by atoms with Gasteiger partial charge in [0.05, 0.1) is 12.8 Å². The van der Waals surface area contributed by atoms with Gasteiger partial charge in [0.2, 0.25) is 5.91 Å². The van der Waals surface area contributed by atoms with Crippen molar-refractivity contribution in [2.75, 3.05) is 42.2 Å². The molecule has 12 nitrogen and oxygen atoms in total. The zero-order valence-electron chi connectivity index (χ0n) is 20.5. The zero-order chi connectivity index (χ0) is 26.9. The van der Waals surface area contributed by atoms with E-state index in [1.165, 1.54) is 11.1 Å². The second kappa shape index (κ2) is 10.9. The van der Waals surface area contributed by atoms with Crippen molar-refractivity contribution in [2.24, 2.45) is 0 Å². The number of ether oxygens (including phenoxy) is 1. The van der Waals surface area contributed by atoms with Crippen molar-refractivity contribution < 1.29 is 28.2 Å². The Hall–Kier alpha value is -3.49. The summed E-state index contributed by atoms with van der Waals surface area (Å²) in [4.78, 5) is 37.0. The summed E-state index contributed by atoms with van der Waals surface area (Å²) in [6, 6.07) is 2.97. The number of hydrogen-bond donors (Lipinski definition) is 2. The van der Waals surface area contributed by atoms with Gasteiger partial charge in [-0.05, 0) is 42.5 Å². The van der Waals surface area contributed by atoms with E-state index in [-0.39, 0.29) is 24.4 Å². The van der Waals surface area contributed by atoms with Crippen molar-refractivity contribution in [1.82, 2.24) is 14.9 Å². The molecule has 198 valence electrons. The number of benzene rings is 1. The molecule has 14 heteroatoms. The van der Waals surface area contributed by atoms with Gasteiger partial charge in [-0.15, -0.1) is 0 Å². The van der Waals surface area contributed by atoms with Crippen LogP contribution in [0.2, 0.25) is 0 Å². The van der Waals surface area contributed by atoms with Crippen LogP contribution in [0.3, 0.4) is 0 Å². The molecular formula is C23H27N6O6S2-. The van der Waals surface area contributed by atoms with E-state index in [1.54, 1.807) is 43.4 Å². The van der Waals surface area contributed by atoms with Crippen molar-refractivity contribution in [3.8, 4) is 5.75 Å². The molecule has 1 unspecified atom stereocenters. The third-order valence-electron chi connectivity index (χ3n) is 6.09. The normalized spacial score (nSPS) is 17.1. The number of carbonyl (C=O) groups is 2. The average molecular weight is 548 g/mol. The molecule has 3 heterocycles. The number of fused-ring (bicyclic) bond motifs is 1. The first kappa shape index (κ1) is 26.6. The van der Waals surface area contributed by atoms with Gasteiger partial charge in [0.25, 0.3) is 0 Å². The van der Waals surface area contributed by atoms with E-state index in [4.69, 9.17) is 10.5 Å². The number of likely N-dealkylation sites (tertiary alicyclic amines) is 1. The lowest BCUT2D eigenvalue weighted by Crippen LogP contribution is -2.48.